The van der Waals surface area contributed by atoms with Crippen LogP contribution in [0.1, 0.15) is 40.9 Å². The van der Waals surface area contributed by atoms with Crippen molar-refractivity contribution >= 4 is 11.9 Å². The van der Waals surface area contributed by atoms with Crippen LogP contribution in [0, 0.1) is 12.8 Å². The van der Waals surface area contributed by atoms with Crippen molar-refractivity contribution in [2.24, 2.45) is 5.92 Å². The van der Waals surface area contributed by atoms with Crippen LogP contribution >= 0.6 is 0 Å². The molecule has 0 fully saturated rings. The van der Waals surface area contributed by atoms with Gasteiger partial charge in [0.05, 0.1) is 12.7 Å². The highest BCUT2D eigenvalue weighted by Gasteiger charge is 2.33. The molecule has 2 aromatic carbocycles. The Bertz CT molecular complexity index is 961. The van der Waals surface area contributed by atoms with Crippen LogP contribution in [-0.4, -0.2) is 31.1 Å². The van der Waals surface area contributed by atoms with Crippen molar-refractivity contribution in [2.45, 2.75) is 27.3 Å². The fourth-order valence-corrected chi connectivity index (χ4v) is 3.86. The minimum atomic E-state index is -0.104. The summed E-state index contributed by atoms with van der Waals surface area (Å²) in [5.74, 6) is 2.90. The van der Waals surface area contributed by atoms with Gasteiger partial charge in [-0.3, -0.25) is 9.69 Å². The molecule has 0 aliphatic carbocycles. The molecule has 2 aromatic rings. The molecular weight excluding hydrogens is 354 g/mol. The Balaban J connectivity index is 1.68. The summed E-state index contributed by atoms with van der Waals surface area (Å²) in [7, 11) is 1.61. The summed E-state index contributed by atoms with van der Waals surface area (Å²) in [5.41, 5.74) is 3.34. The van der Waals surface area contributed by atoms with Gasteiger partial charge in [0.15, 0.2) is 5.76 Å². The molecule has 0 aromatic heterocycles. The van der Waals surface area contributed by atoms with E-state index in [1.807, 2.05) is 37.3 Å². The highest BCUT2D eigenvalue weighted by Crippen LogP contribution is 2.43. The number of carbonyl (C=O) groups excluding carboxylic acids is 1. The summed E-state index contributed by atoms with van der Waals surface area (Å²) in [6.45, 7) is 8.63. The first-order valence-corrected chi connectivity index (χ1v) is 9.56. The average molecular weight is 379 g/mol. The number of allylic oxidation sites excluding steroid dienone is 1. The number of nitrogens with zero attached hydrogens (tertiary/aromatic N) is 1. The van der Waals surface area contributed by atoms with E-state index in [-0.39, 0.29) is 5.78 Å². The maximum absolute atomic E-state index is 13.0. The van der Waals surface area contributed by atoms with Gasteiger partial charge in [-0.25, -0.2) is 0 Å². The van der Waals surface area contributed by atoms with Crippen molar-refractivity contribution < 1.29 is 19.0 Å². The lowest BCUT2D eigenvalue weighted by Gasteiger charge is -2.31. The first kappa shape index (κ1) is 18.6. The van der Waals surface area contributed by atoms with Crippen LogP contribution in [0.5, 0.6) is 17.2 Å². The van der Waals surface area contributed by atoms with Crippen LogP contribution in [0.25, 0.3) is 6.08 Å². The number of hydrogen-bond donors (Lipinski definition) is 0. The number of carbonyl (C=O) groups is 1. The van der Waals surface area contributed by atoms with Crippen LogP contribution < -0.4 is 14.2 Å². The fraction of sp³-hybridized carbons (Fsp3) is 0.348. The molecule has 0 radical (unpaired) electrons. The van der Waals surface area contributed by atoms with E-state index >= 15 is 0 Å². The molecule has 28 heavy (non-hydrogen) atoms. The van der Waals surface area contributed by atoms with Crippen LogP contribution in [0.2, 0.25) is 0 Å². The van der Waals surface area contributed by atoms with Gasteiger partial charge in [0.1, 0.15) is 24.0 Å². The SMILES string of the molecule is COc1ccccc1/C=C1\Oc2c(cc3c(c2C)OCN(CC(C)C)C3)C1=O. The highest BCUT2D eigenvalue weighted by atomic mass is 16.5. The van der Waals surface area contributed by atoms with E-state index in [2.05, 4.69) is 18.7 Å². The lowest BCUT2D eigenvalue weighted by Crippen LogP contribution is -2.35. The number of Topliss-reactive ketones (excluding diaryl/α,β-unsaturated/α-hetero) is 1. The largest absolute Gasteiger partial charge is 0.496 e. The van der Waals surface area contributed by atoms with Gasteiger partial charge < -0.3 is 14.2 Å². The number of rotatable bonds is 4. The molecule has 0 atom stereocenters. The summed E-state index contributed by atoms with van der Waals surface area (Å²) in [4.78, 5) is 15.3. The lowest BCUT2D eigenvalue weighted by molar-refractivity contribution is 0.0835. The van der Waals surface area contributed by atoms with Gasteiger partial charge in [-0.15, -0.1) is 0 Å². The monoisotopic (exact) mass is 379 g/mol. The van der Waals surface area contributed by atoms with Crippen molar-refractivity contribution in [3.8, 4) is 17.2 Å². The zero-order valence-electron chi connectivity index (χ0n) is 16.7. The quantitative estimate of drug-likeness (QED) is 0.736. The first-order valence-electron chi connectivity index (χ1n) is 9.56. The van der Waals surface area contributed by atoms with Crippen molar-refractivity contribution in [3.05, 3.63) is 58.3 Å². The molecule has 5 nitrogen and oxygen atoms in total. The Kier molecular flexibility index (Phi) is 4.85. The van der Waals surface area contributed by atoms with Gasteiger partial charge in [-0.2, -0.15) is 0 Å². The maximum Gasteiger partial charge on any atom is 0.231 e. The predicted octanol–water partition coefficient (Wildman–Crippen LogP) is 4.43. The van der Waals surface area contributed by atoms with Gasteiger partial charge in [0.2, 0.25) is 5.78 Å². The van der Waals surface area contributed by atoms with E-state index in [1.54, 1.807) is 13.2 Å². The van der Waals surface area contributed by atoms with E-state index < -0.39 is 0 Å². The molecule has 0 unspecified atom stereocenters. The van der Waals surface area contributed by atoms with Crippen LogP contribution in [0.3, 0.4) is 0 Å². The highest BCUT2D eigenvalue weighted by molar-refractivity contribution is 6.15. The smallest absolute Gasteiger partial charge is 0.231 e. The van der Waals surface area contributed by atoms with E-state index in [4.69, 9.17) is 14.2 Å². The third-order valence-corrected chi connectivity index (χ3v) is 5.05. The molecule has 2 aliphatic rings. The molecule has 2 heterocycles. The van der Waals surface area contributed by atoms with E-state index in [1.165, 1.54) is 0 Å². The van der Waals surface area contributed by atoms with Crippen molar-refractivity contribution in [1.29, 1.82) is 0 Å². The number of para-hydroxylation sites is 1. The Morgan fingerprint density at radius 1 is 1.25 bits per heavy atom. The van der Waals surface area contributed by atoms with Crippen molar-refractivity contribution in [2.75, 3.05) is 20.4 Å². The molecule has 0 bridgehead atoms. The van der Waals surface area contributed by atoms with E-state index in [9.17, 15) is 4.79 Å². The summed E-state index contributed by atoms with van der Waals surface area (Å²) in [5, 5.41) is 0. The lowest BCUT2D eigenvalue weighted by atomic mass is 9.99. The summed E-state index contributed by atoms with van der Waals surface area (Å²) >= 11 is 0. The molecule has 0 saturated carbocycles. The standard InChI is InChI=1S/C23H25NO4/c1-14(2)11-24-12-17-9-18-21(25)20(10-16-7-5-6-8-19(16)26-4)28-23(18)15(3)22(17)27-13-24/h5-10,14H,11-13H2,1-4H3/b20-10-. The zero-order valence-corrected chi connectivity index (χ0v) is 16.7. The summed E-state index contributed by atoms with van der Waals surface area (Å²) < 4.78 is 17.4. The second kappa shape index (κ2) is 7.32. The topological polar surface area (TPSA) is 48.0 Å². The number of ether oxygens (including phenoxy) is 3. The number of fused-ring (bicyclic) bond motifs is 2. The molecule has 0 amide bonds. The van der Waals surface area contributed by atoms with E-state index in [0.29, 0.717) is 35.5 Å². The Morgan fingerprint density at radius 2 is 2.04 bits per heavy atom. The Labute approximate surface area is 165 Å². The minimum absolute atomic E-state index is 0.104. The molecule has 0 N–H and O–H groups in total. The third-order valence-electron chi connectivity index (χ3n) is 5.05. The van der Waals surface area contributed by atoms with Crippen LogP contribution in [-0.2, 0) is 6.54 Å². The van der Waals surface area contributed by atoms with Gasteiger partial charge >= 0.3 is 0 Å². The van der Waals surface area contributed by atoms with E-state index in [0.717, 1.165) is 35.5 Å². The predicted molar refractivity (Wildman–Crippen MR) is 108 cm³/mol. The zero-order chi connectivity index (χ0) is 19.8. The average Bonchev–Trinajstić information content (AvgIpc) is 2.98. The molecular formula is C23H25NO4. The van der Waals surface area contributed by atoms with Gasteiger partial charge in [-0.1, -0.05) is 32.0 Å². The number of benzene rings is 2. The summed E-state index contributed by atoms with van der Waals surface area (Å²) in [6.07, 6.45) is 1.74. The molecule has 2 aliphatic heterocycles. The second-order valence-corrected chi connectivity index (χ2v) is 7.73. The summed E-state index contributed by atoms with van der Waals surface area (Å²) in [6, 6.07) is 9.49. The molecule has 0 spiro atoms. The third kappa shape index (κ3) is 3.27. The first-order chi connectivity index (χ1) is 13.5. The van der Waals surface area contributed by atoms with Gasteiger partial charge in [-0.05, 0) is 31.1 Å². The normalized spacial score (nSPS) is 17.3. The molecule has 0 saturated heterocycles. The molecule has 5 heteroatoms. The van der Waals surface area contributed by atoms with Crippen molar-refractivity contribution in [3.63, 3.8) is 0 Å². The Hall–Kier alpha value is -2.79. The Morgan fingerprint density at radius 3 is 2.79 bits per heavy atom. The number of hydrogen-bond acceptors (Lipinski definition) is 5. The van der Waals surface area contributed by atoms with Gasteiger partial charge in [0.25, 0.3) is 0 Å². The van der Waals surface area contributed by atoms with Crippen molar-refractivity contribution in [1.82, 2.24) is 4.90 Å². The van der Waals surface area contributed by atoms with Crippen LogP contribution in [0.4, 0.5) is 0 Å². The van der Waals surface area contributed by atoms with Crippen LogP contribution in [0.15, 0.2) is 36.1 Å². The second-order valence-electron chi connectivity index (χ2n) is 7.73. The minimum Gasteiger partial charge on any atom is -0.496 e. The number of ketones is 1. The molecule has 4 rings (SSSR count). The molecule has 146 valence electrons. The fourth-order valence-electron chi connectivity index (χ4n) is 3.86. The number of methoxy groups -OCH3 is 1. The maximum atomic E-state index is 13.0. The van der Waals surface area contributed by atoms with Gasteiger partial charge in [0, 0.05) is 29.8 Å².